The van der Waals surface area contributed by atoms with Crippen molar-refractivity contribution in [2.45, 2.75) is 38.6 Å². The summed E-state index contributed by atoms with van der Waals surface area (Å²) in [6.45, 7) is 7.52. The van der Waals surface area contributed by atoms with Crippen molar-refractivity contribution in [3.05, 3.63) is 29.3 Å². The van der Waals surface area contributed by atoms with Gasteiger partial charge in [0.2, 0.25) is 0 Å². The minimum Gasteiger partial charge on any atom is -0.384 e. The maximum absolute atomic E-state index is 6.00. The highest BCUT2D eigenvalue weighted by Crippen LogP contribution is 2.35. The van der Waals surface area contributed by atoms with Gasteiger partial charge in [0.15, 0.2) is 0 Å². The predicted molar refractivity (Wildman–Crippen MR) is 65.4 cm³/mol. The number of nitrogens with one attached hydrogen (secondary N) is 1. The lowest BCUT2D eigenvalue weighted by Crippen LogP contribution is -2.26. The van der Waals surface area contributed by atoms with Crippen molar-refractivity contribution in [1.29, 1.82) is 0 Å². The molecule has 1 aromatic rings. The molecule has 2 rings (SSSR count). The van der Waals surface area contributed by atoms with Crippen molar-refractivity contribution < 1.29 is 0 Å². The van der Waals surface area contributed by atoms with Gasteiger partial charge in [0.1, 0.15) is 0 Å². The van der Waals surface area contributed by atoms with Gasteiger partial charge < -0.3 is 11.1 Å². The fourth-order valence-corrected chi connectivity index (χ4v) is 2.21. The molecule has 82 valence electrons. The third-order valence-electron chi connectivity index (χ3n) is 3.29. The largest absolute Gasteiger partial charge is 0.384 e. The van der Waals surface area contributed by atoms with E-state index in [0.29, 0.717) is 11.8 Å². The third-order valence-corrected chi connectivity index (χ3v) is 3.29. The topological polar surface area (TPSA) is 38.0 Å². The molecule has 0 radical (unpaired) electrons. The first-order valence-corrected chi connectivity index (χ1v) is 5.73. The van der Waals surface area contributed by atoms with Crippen molar-refractivity contribution in [3.63, 3.8) is 0 Å². The monoisotopic (exact) mass is 204 g/mol. The van der Waals surface area contributed by atoms with Gasteiger partial charge in [0, 0.05) is 24.2 Å². The van der Waals surface area contributed by atoms with Crippen molar-refractivity contribution in [3.8, 4) is 0 Å². The zero-order valence-electron chi connectivity index (χ0n) is 9.75. The van der Waals surface area contributed by atoms with Crippen LogP contribution in [0.25, 0.3) is 0 Å². The number of hydrogen-bond acceptors (Lipinski definition) is 2. The first-order chi connectivity index (χ1) is 7.09. The van der Waals surface area contributed by atoms with Gasteiger partial charge in [0.05, 0.1) is 0 Å². The van der Waals surface area contributed by atoms with E-state index in [0.717, 1.165) is 6.54 Å². The van der Waals surface area contributed by atoms with Crippen LogP contribution in [-0.4, -0.2) is 12.6 Å². The van der Waals surface area contributed by atoms with Crippen LogP contribution in [0.2, 0.25) is 0 Å². The number of nitrogens with two attached hydrogens (primary N) is 1. The predicted octanol–water partition coefficient (Wildman–Crippen LogP) is 2.67. The smallest absolute Gasteiger partial charge is 0.0377 e. The summed E-state index contributed by atoms with van der Waals surface area (Å²) < 4.78 is 0. The molecular weight excluding hydrogens is 184 g/mol. The van der Waals surface area contributed by atoms with Gasteiger partial charge in [-0.15, -0.1) is 0 Å². The van der Waals surface area contributed by atoms with Crippen LogP contribution >= 0.6 is 0 Å². The zero-order valence-corrected chi connectivity index (χ0v) is 9.75. The van der Waals surface area contributed by atoms with E-state index in [2.05, 4.69) is 44.3 Å². The van der Waals surface area contributed by atoms with Crippen molar-refractivity contribution in [2.24, 2.45) is 5.73 Å². The zero-order chi connectivity index (χ0) is 11.0. The molecular formula is C13H20N2. The number of anilines is 1. The lowest BCUT2D eigenvalue weighted by molar-refractivity contribution is 0.609. The molecule has 3 N–H and O–H groups in total. The Balaban J connectivity index is 2.38. The molecule has 2 nitrogen and oxygen atoms in total. The van der Waals surface area contributed by atoms with Crippen molar-refractivity contribution >= 4 is 5.69 Å². The van der Waals surface area contributed by atoms with Gasteiger partial charge in [-0.1, -0.05) is 26.0 Å². The fourth-order valence-electron chi connectivity index (χ4n) is 2.21. The number of fused-ring (bicyclic) bond motifs is 1. The molecule has 0 saturated heterocycles. The Kier molecular flexibility index (Phi) is 2.70. The van der Waals surface area contributed by atoms with Gasteiger partial charge in [-0.25, -0.2) is 0 Å². The summed E-state index contributed by atoms with van der Waals surface area (Å²) >= 11 is 0. The van der Waals surface area contributed by atoms with Gasteiger partial charge in [-0.2, -0.15) is 0 Å². The van der Waals surface area contributed by atoms with Crippen LogP contribution in [-0.2, 0) is 0 Å². The normalized spacial score (nSPS) is 21.3. The molecule has 2 heteroatoms. The van der Waals surface area contributed by atoms with Gasteiger partial charge in [-0.05, 0) is 30.0 Å². The molecule has 15 heavy (non-hydrogen) atoms. The molecule has 0 bridgehead atoms. The standard InChI is InChI=1S/C13H20N2/c1-8(2)10-4-5-13-11(6-10)12(7-15-13)9(3)14/h4-6,8-9,12,15H,7,14H2,1-3H3. The summed E-state index contributed by atoms with van der Waals surface area (Å²) in [7, 11) is 0. The molecule has 2 unspecified atom stereocenters. The van der Waals surface area contributed by atoms with E-state index in [1.54, 1.807) is 0 Å². The van der Waals surface area contributed by atoms with Crippen LogP contribution < -0.4 is 11.1 Å². The van der Waals surface area contributed by atoms with Crippen molar-refractivity contribution in [1.82, 2.24) is 0 Å². The van der Waals surface area contributed by atoms with E-state index in [1.807, 2.05) is 0 Å². The highest BCUT2D eigenvalue weighted by atomic mass is 14.9. The molecule has 0 fully saturated rings. The molecule has 1 aliphatic heterocycles. The first-order valence-electron chi connectivity index (χ1n) is 5.73. The average Bonchev–Trinajstić information content (AvgIpc) is 2.59. The van der Waals surface area contributed by atoms with E-state index in [4.69, 9.17) is 5.73 Å². The summed E-state index contributed by atoms with van der Waals surface area (Å²) in [5, 5.41) is 3.42. The number of benzene rings is 1. The molecule has 0 saturated carbocycles. The Morgan fingerprint density at radius 1 is 1.33 bits per heavy atom. The maximum atomic E-state index is 6.00. The lowest BCUT2D eigenvalue weighted by Gasteiger charge is -2.15. The summed E-state index contributed by atoms with van der Waals surface area (Å²) in [5.74, 6) is 1.06. The Bertz CT molecular complexity index is 356. The van der Waals surface area contributed by atoms with E-state index in [9.17, 15) is 0 Å². The van der Waals surface area contributed by atoms with Crippen LogP contribution in [0.4, 0.5) is 5.69 Å². The Morgan fingerprint density at radius 3 is 2.67 bits per heavy atom. The number of hydrogen-bond donors (Lipinski definition) is 2. The second-order valence-electron chi connectivity index (χ2n) is 4.85. The second kappa shape index (κ2) is 3.86. The van der Waals surface area contributed by atoms with E-state index < -0.39 is 0 Å². The minimum atomic E-state index is 0.223. The van der Waals surface area contributed by atoms with Gasteiger partial charge in [0.25, 0.3) is 0 Å². The van der Waals surface area contributed by atoms with Crippen molar-refractivity contribution in [2.75, 3.05) is 11.9 Å². The van der Waals surface area contributed by atoms with Gasteiger partial charge >= 0.3 is 0 Å². The Morgan fingerprint density at radius 2 is 2.07 bits per heavy atom. The summed E-state index contributed by atoms with van der Waals surface area (Å²) in [4.78, 5) is 0. The van der Waals surface area contributed by atoms with E-state index in [-0.39, 0.29) is 6.04 Å². The average molecular weight is 204 g/mol. The molecule has 1 aliphatic rings. The summed E-state index contributed by atoms with van der Waals surface area (Å²) in [6, 6.07) is 6.93. The molecule has 0 aliphatic carbocycles. The molecule has 1 aromatic carbocycles. The highest BCUT2D eigenvalue weighted by Gasteiger charge is 2.25. The van der Waals surface area contributed by atoms with Crippen LogP contribution in [0.15, 0.2) is 18.2 Å². The molecule has 0 spiro atoms. The van der Waals surface area contributed by atoms with Crippen LogP contribution in [0.1, 0.15) is 43.7 Å². The maximum Gasteiger partial charge on any atom is 0.0377 e. The van der Waals surface area contributed by atoms with Gasteiger partial charge in [-0.3, -0.25) is 0 Å². The highest BCUT2D eigenvalue weighted by molar-refractivity contribution is 5.59. The first kappa shape index (κ1) is 10.5. The van der Waals surface area contributed by atoms with Crippen LogP contribution in [0.3, 0.4) is 0 Å². The third kappa shape index (κ3) is 1.86. The minimum absolute atomic E-state index is 0.223. The summed E-state index contributed by atoms with van der Waals surface area (Å²) in [5.41, 5.74) is 10.1. The second-order valence-corrected chi connectivity index (χ2v) is 4.85. The number of rotatable bonds is 2. The van der Waals surface area contributed by atoms with E-state index >= 15 is 0 Å². The molecule has 1 heterocycles. The van der Waals surface area contributed by atoms with E-state index in [1.165, 1.54) is 16.8 Å². The molecule has 0 amide bonds. The van der Waals surface area contributed by atoms with Crippen LogP contribution in [0.5, 0.6) is 0 Å². The Hall–Kier alpha value is -1.02. The summed E-state index contributed by atoms with van der Waals surface area (Å²) in [6.07, 6.45) is 0. The van der Waals surface area contributed by atoms with Crippen LogP contribution in [0, 0.1) is 0 Å². The lowest BCUT2D eigenvalue weighted by atomic mass is 9.91. The molecule has 0 aromatic heterocycles. The quantitative estimate of drug-likeness (QED) is 0.777. The Labute approximate surface area is 91.9 Å². The molecule has 2 atom stereocenters. The SMILES string of the molecule is CC(C)c1ccc2c(c1)C(C(C)N)CN2. The fraction of sp³-hybridized carbons (Fsp3) is 0.538.